The second-order valence-electron chi connectivity index (χ2n) is 3.94. The average molecular weight is 219 g/mol. The Labute approximate surface area is 88.1 Å². The Morgan fingerprint density at radius 2 is 2.20 bits per heavy atom. The molecule has 0 heterocycles. The zero-order valence-electron chi connectivity index (χ0n) is 9.15. The minimum Gasteiger partial charge on any atom is -0.352 e. The quantitative estimate of drug-likeness (QED) is 0.476. The van der Waals surface area contributed by atoms with Crippen LogP contribution in [0.2, 0.25) is 0 Å². The van der Waals surface area contributed by atoms with E-state index in [1.807, 2.05) is 0 Å². The summed E-state index contributed by atoms with van der Waals surface area (Å²) < 4.78 is 0. The number of nitrogens with zero attached hydrogens (tertiary/aromatic N) is 1. The molecule has 0 saturated carbocycles. The maximum atomic E-state index is 11.4. The molecule has 1 atom stereocenters. The van der Waals surface area contributed by atoms with Gasteiger partial charge in [0.1, 0.15) is 0 Å². The van der Waals surface area contributed by atoms with Gasteiger partial charge in [0.15, 0.2) is 0 Å². The Hall–Kier alpha value is -1.37. The van der Waals surface area contributed by atoms with E-state index in [2.05, 4.69) is 10.2 Å². The molecule has 3 N–H and O–H groups in total. The summed E-state index contributed by atoms with van der Waals surface area (Å²) in [6, 6.07) is -0.208. The van der Waals surface area contributed by atoms with E-state index >= 15 is 0 Å². The lowest BCUT2D eigenvalue weighted by atomic mass is 10.1. The largest absolute Gasteiger partial charge is 0.352 e. The normalized spacial score (nSPS) is 13.1. The number of carbonyl (C=O) groups excluding carboxylic acids is 1. The topological polar surface area (TPSA) is 107 Å². The highest BCUT2D eigenvalue weighted by atomic mass is 16.9. The lowest BCUT2D eigenvalue weighted by Gasteiger charge is -2.21. The van der Waals surface area contributed by atoms with Crippen molar-refractivity contribution in [1.29, 1.82) is 0 Å². The summed E-state index contributed by atoms with van der Waals surface area (Å²) in [6.07, 6.45) is 0.364. The van der Waals surface area contributed by atoms with Crippen molar-refractivity contribution >= 4 is 5.91 Å². The van der Waals surface area contributed by atoms with E-state index in [0.29, 0.717) is 6.42 Å². The fourth-order valence-electron chi connectivity index (χ4n) is 0.786. The summed E-state index contributed by atoms with van der Waals surface area (Å²) in [5.74, 6) is -0.295. The Bertz CT molecular complexity index is 237. The second-order valence-corrected chi connectivity index (χ2v) is 3.94. The van der Waals surface area contributed by atoms with Gasteiger partial charge >= 0.3 is 0 Å². The van der Waals surface area contributed by atoms with E-state index < -0.39 is 10.6 Å². The molecule has 15 heavy (non-hydrogen) atoms. The van der Waals surface area contributed by atoms with Crippen molar-refractivity contribution in [1.82, 2.24) is 5.32 Å². The Morgan fingerprint density at radius 1 is 1.67 bits per heavy atom. The van der Waals surface area contributed by atoms with Crippen molar-refractivity contribution in [3.8, 4) is 0 Å². The molecule has 0 aromatic rings. The van der Waals surface area contributed by atoms with Crippen molar-refractivity contribution in [2.45, 2.75) is 38.8 Å². The van der Waals surface area contributed by atoms with Crippen LogP contribution in [-0.2, 0) is 9.63 Å². The molecule has 0 bridgehead atoms. The summed E-state index contributed by atoms with van der Waals surface area (Å²) in [4.78, 5) is 25.3. The van der Waals surface area contributed by atoms with Crippen LogP contribution in [0.5, 0.6) is 0 Å². The molecular weight excluding hydrogens is 202 g/mol. The minimum absolute atomic E-state index is 0.0422. The Morgan fingerprint density at radius 3 is 2.60 bits per heavy atom. The van der Waals surface area contributed by atoms with E-state index in [1.54, 1.807) is 20.8 Å². The average Bonchev–Trinajstić information content (AvgIpc) is 2.01. The third-order valence-corrected chi connectivity index (χ3v) is 1.71. The van der Waals surface area contributed by atoms with Crippen molar-refractivity contribution in [2.24, 2.45) is 5.73 Å². The van der Waals surface area contributed by atoms with Gasteiger partial charge in [-0.3, -0.25) is 4.79 Å². The van der Waals surface area contributed by atoms with E-state index in [0.717, 1.165) is 0 Å². The number of amides is 1. The second kappa shape index (κ2) is 5.50. The lowest BCUT2D eigenvalue weighted by Crippen LogP contribution is -2.51. The molecule has 88 valence electrons. The lowest BCUT2D eigenvalue weighted by molar-refractivity contribution is -0.757. The predicted molar refractivity (Wildman–Crippen MR) is 53.4 cm³/mol. The molecule has 0 aliphatic carbocycles. The SMILES string of the molecule is CC(CCO[N+](=O)[O-])NC(=O)C(C)(C)N. The predicted octanol–water partition coefficient (Wildman–Crippen LogP) is -0.173. The van der Waals surface area contributed by atoms with Crippen LogP contribution in [0.3, 0.4) is 0 Å². The first-order chi connectivity index (χ1) is 6.73. The summed E-state index contributed by atoms with van der Waals surface area (Å²) >= 11 is 0. The zero-order valence-corrected chi connectivity index (χ0v) is 9.15. The van der Waals surface area contributed by atoms with Crippen molar-refractivity contribution in [2.75, 3.05) is 6.61 Å². The molecule has 0 fully saturated rings. The van der Waals surface area contributed by atoms with Crippen molar-refractivity contribution in [3.05, 3.63) is 10.1 Å². The highest BCUT2D eigenvalue weighted by Gasteiger charge is 2.22. The molecule has 0 spiro atoms. The minimum atomic E-state index is -0.946. The van der Waals surface area contributed by atoms with Crippen LogP contribution in [0.25, 0.3) is 0 Å². The first-order valence-electron chi connectivity index (χ1n) is 4.60. The molecule has 0 aromatic carbocycles. The summed E-state index contributed by atoms with van der Waals surface area (Å²) in [6.45, 7) is 4.86. The molecule has 0 radical (unpaired) electrons. The third kappa shape index (κ3) is 6.67. The molecule has 7 nitrogen and oxygen atoms in total. The van der Waals surface area contributed by atoms with Gasteiger partial charge in [-0.15, -0.1) is 10.1 Å². The van der Waals surface area contributed by atoms with Crippen LogP contribution in [0.4, 0.5) is 0 Å². The van der Waals surface area contributed by atoms with E-state index in [9.17, 15) is 14.9 Å². The Balaban J connectivity index is 3.79. The van der Waals surface area contributed by atoms with Gasteiger partial charge in [0, 0.05) is 6.04 Å². The van der Waals surface area contributed by atoms with Gasteiger partial charge in [0.2, 0.25) is 5.91 Å². The molecule has 0 rings (SSSR count). The molecule has 7 heteroatoms. The Kier molecular flexibility index (Phi) is 4.99. The first kappa shape index (κ1) is 13.6. The molecule has 0 aliphatic rings. The van der Waals surface area contributed by atoms with Gasteiger partial charge in [-0.1, -0.05) is 0 Å². The number of nitrogens with one attached hydrogen (secondary N) is 1. The fraction of sp³-hybridized carbons (Fsp3) is 0.875. The van der Waals surface area contributed by atoms with E-state index in [-0.39, 0.29) is 18.6 Å². The number of hydrogen-bond acceptors (Lipinski definition) is 5. The summed E-state index contributed by atoms with van der Waals surface area (Å²) in [7, 11) is 0. The number of hydrogen-bond donors (Lipinski definition) is 2. The van der Waals surface area contributed by atoms with Crippen molar-refractivity contribution < 1.29 is 14.7 Å². The molecule has 0 aromatic heterocycles. The van der Waals surface area contributed by atoms with Crippen LogP contribution < -0.4 is 11.1 Å². The summed E-state index contributed by atoms with van der Waals surface area (Å²) in [5.41, 5.74) is 4.61. The fourth-order valence-corrected chi connectivity index (χ4v) is 0.786. The first-order valence-corrected chi connectivity index (χ1v) is 4.60. The zero-order chi connectivity index (χ0) is 12.1. The van der Waals surface area contributed by atoms with Crippen LogP contribution in [0.15, 0.2) is 0 Å². The smallest absolute Gasteiger partial charge is 0.294 e. The van der Waals surface area contributed by atoms with Gasteiger partial charge in [-0.2, -0.15) is 0 Å². The molecule has 0 saturated heterocycles. The van der Waals surface area contributed by atoms with Gasteiger partial charge in [-0.25, -0.2) is 0 Å². The maximum Gasteiger partial charge on any atom is 0.294 e. The van der Waals surface area contributed by atoms with Crippen LogP contribution in [0, 0.1) is 10.1 Å². The van der Waals surface area contributed by atoms with Gasteiger partial charge in [0.25, 0.3) is 5.09 Å². The maximum absolute atomic E-state index is 11.4. The van der Waals surface area contributed by atoms with E-state index in [1.165, 1.54) is 0 Å². The van der Waals surface area contributed by atoms with Gasteiger partial charge < -0.3 is 15.9 Å². The van der Waals surface area contributed by atoms with Gasteiger partial charge in [-0.05, 0) is 27.2 Å². The van der Waals surface area contributed by atoms with Gasteiger partial charge in [0.05, 0.1) is 12.1 Å². The molecule has 1 unspecified atom stereocenters. The standard InChI is InChI=1S/C8H17N3O4/c1-6(4-5-15-11(13)14)10-7(12)8(2,3)9/h6H,4-5,9H2,1-3H3,(H,10,12). The number of nitrogens with two attached hydrogens (primary N) is 1. The molecule has 0 aliphatic heterocycles. The monoisotopic (exact) mass is 219 g/mol. The number of rotatable bonds is 6. The van der Waals surface area contributed by atoms with Crippen LogP contribution in [0.1, 0.15) is 27.2 Å². The highest BCUT2D eigenvalue weighted by molar-refractivity contribution is 5.85. The highest BCUT2D eigenvalue weighted by Crippen LogP contribution is 1.99. The third-order valence-electron chi connectivity index (χ3n) is 1.71. The van der Waals surface area contributed by atoms with E-state index in [4.69, 9.17) is 5.73 Å². The summed E-state index contributed by atoms with van der Waals surface area (Å²) in [5, 5.41) is 11.6. The molecule has 1 amide bonds. The van der Waals surface area contributed by atoms with Crippen LogP contribution in [-0.4, -0.2) is 29.2 Å². The van der Waals surface area contributed by atoms with Crippen LogP contribution >= 0.6 is 0 Å². The molecular formula is C8H17N3O4. The van der Waals surface area contributed by atoms with Crippen molar-refractivity contribution in [3.63, 3.8) is 0 Å². The number of carbonyl (C=O) groups is 1.